The number of nitro benzene ring substituents is 1. The van der Waals surface area contributed by atoms with Crippen LogP contribution in [0, 0.1) is 10.1 Å². The summed E-state index contributed by atoms with van der Waals surface area (Å²) >= 11 is 0. The number of nitro groups is 1. The number of hydrogen-bond acceptors (Lipinski definition) is 5. The van der Waals surface area contributed by atoms with Gasteiger partial charge in [0.1, 0.15) is 0 Å². The molecule has 3 N–H and O–H groups in total. The first-order chi connectivity index (χ1) is 8.47. The highest BCUT2D eigenvalue weighted by Gasteiger charge is 2.26. The first kappa shape index (κ1) is 12.5. The Bertz CT molecular complexity index is 501. The van der Waals surface area contributed by atoms with Crippen molar-refractivity contribution in [3.63, 3.8) is 0 Å². The lowest BCUT2D eigenvalue weighted by molar-refractivity contribution is -0.384. The third kappa shape index (κ3) is 2.85. The van der Waals surface area contributed by atoms with Crippen LogP contribution in [0.1, 0.15) is 23.2 Å². The third-order valence-corrected chi connectivity index (χ3v) is 2.62. The molecule has 0 heterocycles. The number of nitrogens with zero attached hydrogens (tertiary/aromatic N) is 1. The molecule has 0 atom stereocenters. The topological polar surface area (TPSA) is 113 Å². The minimum absolute atomic E-state index is 0.0548. The lowest BCUT2D eigenvalue weighted by Gasteiger charge is -2.06. The van der Waals surface area contributed by atoms with E-state index in [0.717, 1.165) is 25.0 Å². The van der Waals surface area contributed by atoms with Crippen molar-refractivity contribution in [1.82, 2.24) is 5.32 Å². The molecule has 2 rings (SSSR count). The Morgan fingerprint density at radius 2 is 2.06 bits per heavy atom. The van der Waals surface area contributed by atoms with Gasteiger partial charge in [0.2, 0.25) is 0 Å². The predicted molar refractivity (Wildman–Crippen MR) is 63.4 cm³/mol. The van der Waals surface area contributed by atoms with Gasteiger partial charge in [0.25, 0.3) is 11.6 Å². The molecule has 0 radical (unpaired) electrons. The Morgan fingerprint density at radius 3 is 2.56 bits per heavy atom. The fourth-order valence-electron chi connectivity index (χ4n) is 1.52. The summed E-state index contributed by atoms with van der Waals surface area (Å²) in [5, 5.41) is 31.4. The largest absolute Gasteiger partial charge is 0.488 e. The Hall–Kier alpha value is -1.93. The van der Waals surface area contributed by atoms with Gasteiger partial charge in [-0.05, 0) is 24.4 Å². The van der Waals surface area contributed by atoms with Gasteiger partial charge < -0.3 is 15.4 Å². The van der Waals surface area contributed by atoms with Crippen molar-refractivity contribution in [1.29, 1.82) is 0 Å². The SMILES string of the molecule is O=C(NC1CC1)c1cc(B(O)O)cc([N+](=O)[O-])c1. The second-order valence-corrected chi connectivity index (χ2v) is 4.19. The van der Waals surface area contributed by atoms with E-state index in [9.17, 15) is 14.9 Å². The number of benzene rings is 1. The van der Waals surface area contributed by atoms with Gasteiger partial charge in [0, 0.05) is 23.7 Å². The molecule has 0 unspecified atom stereocenters. The van der Waals surface area contributed by atoms with Gasteiger partial charge >= 0.3 is 7.12 Å². The average Bonchev–Trinajstić information content (AvgIpc) is 3.12. The van der Waals surface area contributed by atoms with Crippen molar-refractivity contribution in [2.24, 2.45) is 0 Å². The highest BCUT2D eigenvalue weighted by Crippen LogP contribution is 2.20. The minimum Gasteiger partial charge on any atom is -0.423 e. The standard InChI is InChI=1S/C10H11BN2O5/c14-10(12-8-1-2-8)6-3-7(11(15)16)5-9(4-6)13(17)18/h3-5,8,15-16H,1-2H2,(H,12,14). The van der Waals surface area contributed by atoms with Crippen LogP contribution in [-0.2, 0) is 0 Å². The van der Waals surface area contributed by atoms with Gasteiger partial charge in [0.15, 0.2) is 0 Å². The zero-order valence-electron chi connectivity index (χ0n) is 9.37. The molecule has 1 saturated carbocycles. The van der Waals surface area contributed by atoms with Crippen LogP contribution in [0.15, 0.2) is 18.2 Å². The van der Waals surface area contributed by atoms with Gasteiger partial charge in [-0.1, -0.05) is 0 Å². The summed E-state index contributed by atoms with van der Waals surface area (Å²) < 4.78 is 0. The molecule has 1 amide bonds. The van der Waals surface area contributed by atoms with Gasteiger partial charge in [-0.25, -0.2) is 0 Å². The Kier molecular flexibility index (Phi) is 3.31. The normalized spacial score (nSPS) is 14.1. The van der Waals surface area contributed by atoms with E-state index in [1.165, 1.54) is 6.07 Å². The molecule has 1 aromatic carbocycles. The number of nitrogens with one attached hydrogen (secondary N) is 1. The summed E-state index contributed by atoms with van der Waals surface area (Å²) in [5.74, 6) is -0.442. The molecular formula is C10H11BN2O5. The van der Waals surface area contributed by atoms with Crippen LogP contribution in [0.4, 0.5) is 5.69 Å². The average molecular weight is 250 g/mol. The van der Waals surface area contributed by atoms with E-state index in [1.807, 2.05) is 0 Å². The molecule has 1 fully saturated rings. The number of carbonyl (C=O) groups excluding carboxylic acids is 1. The molecule has 0 saturated heterocycles. The van der Waals surface area contributed by atoms with Crippen LogP contribution >= 0.6 is 0 Å². The van der Waals surface area contributed by atoms with Crippen LogP contribution in [0.2, 0.25) is 0 Å². The van der Waals surface area contributed by atoms with E-state index >= 15 is 0 Å². The first-order valence-electron chi connectivity index (χ1n) is 5.44. The zero-order valence-corrected chi connectivity index (χ0v) is 9.37. The summed E-state index contributed by atoms with van der Waals surface area (Å²) in [5.41, 5.74) is -0.370. The van der Waals surface area contributed by atoms with Crippen molar-refractivity contribution in [3.8, 4) is 0 Å². The van der Waals surface area contributed by atoms with E-state index in [-0.39, 0.29) is 22.8 Å². The van der Waals surface area contributed by atoms with Gasteiger partial charge in [-0.2, -0.15) is 0 Å². The van der Waals surface area contributed by atoms with Crippen LogP contribution < -0.4 is 10.8 Å². The van der Waals surface area contributed by atoms with E-state index in [2.05, 4.69) is 5.32 Å². The Balaban J connectivity index is 2.32. The van der Waals surface area contributed by atoms with Crippen LogP contribution in [-0.4, -0.2) is 34.0 Å². The Labute approximate surface area is 103 Å². The molecule has 0 aliphatic heterocycles. The molecule has 7 nitrogen and oxygen atoms in total. The molecule has 1 aromatic rings. The lowest BCUT2D eigenvalue weighted by atomic mass is 9.79. The fraction of sp³-hybridized carbons (Fsp3) is 0.300. The molecule has 94 valence electrons. The smallest absolute Gasteiger partial charge is 0.423 e. The van der Waals surface area contributed by atoms with Crippen molar-refractivity contribution in [2.45, 2.75) is 18.9 Å². The maximum absolute atomic E-state index is 11.7. The number of amides is 1. The quantitative estimate of drug-likeness (QED) is 0.366. The van der Waals surface area contributed by atoms with Crippen molar-refractivity contribution >= 4 is 24.2 Å². The zero-order chi connectivity index (χ0) is 13.3. The van der Waals surface area contributed by atoms with E-state index in [0.29, 0.717) is 0 Å². The molecular weight excluding hydrogens is 239 g/mol. The number of carbonyl (C=O) groups is 1. The maximum atomic E-state index is 11.7. The van der Waals surface area contributed by atoms with Gasteiger partial charge in [-0.15, -0.1) is 0 Å². The van der Waals surface area contributed by atoms with Crippen molar-refractivity contribution in [3.05, 3.63) is 33.9 Å². The summed E-state index contributed by atoms with van der Waals surface area (Å²) in [4.78, 5) is 21.8. The summed E-state index contributed by atoms with van der Waals surface area (Å²) in [6, 6.07) is 3.50. The Morgan fingerprint density at radius 1 is 1.39 bits per heavy atom. The molecule has 0 aromatic heterocycles. The van der Waals surface area contributed by atoms with Crippen molar-refractivity contribution in [2.75, 3.05) is 0 Å². The van der Waals surface area contributed by atoms with E-state index in [4.69, 9.17) is 10.0 Å². The second kappa shape index (κ2) is 4.75. The van der Waals surface area contributed by atoms with Gasteiger partial charge in [0.05, 0.1) is 4.92 Å². The van der Waals surface area contributed by atoms with E-state index < -0.39 is 17.9 Å². The third-order valence-electron chi connectivity index (χ3n) is 2.62. The summed E-state index contributed by atoms with van der Waals surface area (Å²) in [7, 11) is -1.85. The van der Waals surface area contributed by atoms with E-state index in [1.54, 1.807) is 0 Å². The van der Waals surface area contributed by atoms with Crippen LogP contribution in [0.3, 0.4) is 0 Å². The maximum Gasteiger partial charge on any atom is 0.488 e. The fourth-order valence-corrected chi connectivity index (χ4v) is 1.52. The monoisotopic (exact) mass is 250 g/mol. The number of non-ortho nitro benzene ring substituents is 1. The van der Waals surface area contributed by atoms with Crippen molar-refractivity contribution < 1.29 is 19.8 Å². The highest BCUT2D eigenvalue weighted by atomic mass is 16.6. The second-order valence-electron chi connectivity index (χ2n) is 4.19. The molecule has 18 heavy (non-hydrogen) atoms. The first-order valence-corrected chi connectivity index (χ1v) is 5.44. The highest BCUT2D eigenvalue weighted by molar-refractivity contribution is 6.58. The van der Waals surface area contributed by atoms with Crippen LogP contribution in [0.5, 0.6) is 0 Å². The number of rotatable bonds is 4. The summed E-state index contributed by atoms with van der Waals surface area (Å²) in [6.45, 7) is 0. The summed E-state index contributed by atoms with van der Waals surface area (Å²) in [6.07, 6.45) is 1.80. The molecule has 1 aliphatic carbocycles. The van der Waals surface area contributed by atoms with Gasteiger partial charge in [-0.3, -0.25) is 14.9 Å². The lowest BCUT2D eigenvalue weighted by Crippen LogP contribution is -2.32. The number of hydrogen-bond donors (Lipinski definition) is 3. The minimum atomic E-state index is -1.85. The molecule has 0 spiro atoms. The predicted octanol–water partition coefficient (Wildman–Crippen LogP) is -0.833. The molecule has 8 heteroatoms. The molecule has 1 aliphatic rings. The molecule has 0 bridgehead atoms. The van der Waals surface area contributed by atoms with Crippen LogP contribution in [0.25, 0.3) is 0 Å².